The number of allylic oxidation sites excluding steroid dienone is 2. The van der Waals surface area contributed by atoms with Crippen LogP contribution in [0.5, 0.6) is 0 Å². The van der Waals surface area contributed by atoms with Crippen LogP contribution in [0.25, 0.3) is 0 Å². The molecule has 0 amide bonds. The van der Waals surface area contributed by atoms with E-state index in [2.05, 4.69) is 26.0 Å². The molecule has 0 aliphatic heterocycles. The summed E-state index contributed by atoms with van der Waals surface area (Å²) < 4.78 is 10.5. The minimum Gasteiger partial charge on any atom is -0.462 e. The Morgan fingerprint density at radius 2 is 1.70 bits per heavy atom. The van der Waals surface area contributed by atoms with Gasteiger partial charge < -0.3 is 9.47 Å². The first kappa shape index (κ1) is 21.3. The molecule has 0 aromatic rings. The lowest BCUT2D eigenvalue weighted by molar-refractivity contribution is -0.148. The van der Waals surface area contributed by atoms with Crippen molar-refractivity contribution in [2.75, 3.05) is 6.61 Å². The van der Waals surface area contributed by atoms with E-state index in [-0.39, 0.29) is 35.3 Å². The molecule has 6 atom stereocenters. The van der Waals surface area contributed by atoms with Gasteiger partial charge in [-0.05, 0) is 67.1 Å². The number of Topliss-reactive ketones (excluding diaryl/α,β-unsaturated/α-hetero) is 1. The molecule has 0 aromatic heterocycles. The van der Waals surface area contributed by atoms with Crippen molar-refractivity contribution < 1.29 is 23.9 Å². The van der Waals surface area contributed by atoms with E-state index in [4.69, 9.17) is 9.47 Å². The Morgan fingerprint density at radius 1 is 0.967 bits per heavy atom. The van der Waals surface area contributed by atoms with Gasteiger partial charge in [-0.15, -0.1) is 0 Å². The summed E-state index contributed by atoms with van der Waals surface area (Å²) in [5.41, 5.74) is 2.41. The fourth-order valence-corrected chi connectivity index (χ4v) is 7.21. The third-order valence-corrected chi connectivity index (χ3v) is 8.68. The number of hydrogen-bond acceptors (Lipinski definition) is 5. The third kappa shape index (κ3) is 3.44. The third-order valence-electron chi connectivity index (χ3n) is 8.68. The molecule has 0 unspecified atom stereocenters. The highest BCUT2D eigenvalue weighted by atomic mass is 16.5. The Kier molecular flexibility index (Phi) is 5.44. The molecule has 2 saturated carbocycles. The maximum atomic E-state index is 12.8. The van der Waals surface area contributed by atoms with Gasteiger partial charge in [-0.3, -0.25) is 14.4 Å². The maximum absolute atomic E-state index is 12.8. The number of ketones is 1. The summed E-state index contributed by atoms with van der Waals surface area (Å²) >= 11 is 0. The van der Waals surface area contributed by atoms with E-state index in [1.54, 1.807) is 0 Å². The highest BCUT2D eigenvalue weighted by Gasteiger charge is 2.57. The molecule has 4 rings (SSSR count). The van der Waals surface area contributed by atoms with Crippen LogP contribution >= 0.6 is 0 Å². The first-order valence-electron chi connectivity index (χ1n) is 11.4. The molecule has 2 fully saturated rings. The van der Waals surface area contributed by atoms with E-state index in [1.165, 1.54) is 19.4 Å². The first-order valence-corrected chi connectivity index (χ1v) is 11.4. The van der Waals surface area contributed by atoms with Gasteiger partial charge in [-0.2, -0.15) is 0 Å². The standard InChI is InChI=1S/C25H34O5/c1-15(26)29-14-23(28)22-8-7-20-19-6-5-17-13-18(30-16(2)27)9-11-24(17,3)21(19)10-12-25(20,22)4/h5,8,18-21H,6-7,9-14H2,1-4H3/t18-,19-,20-,21+,24-,25-/m0/s1. The second kappa shape index (κ2) is 7.65. The summed E-state index contributed by atoms with van der Waals surface area (Å²) in [4.78, 5) is 35.3. The van der Waals surface area contributed by atoms with Crippen LogP contribution in [0.4, 0.5) is 0 Å². The Labute approximate surface area is 179 Å². The summed E-state index contributed by atoms with van der Waals surface area (Å²) in [5.74, 6) is 1.02. The number of ether oxygens (including phenoxy) is 2. The molecule has 5 nitrogen and oxygen atoms in total. The fourth-order valence-electron chi connectivity index (χ4n) is 7.21. The molecule has 0 radical (unpaired) electrons. The number of fused-ring (bicyclic) bond motifs is 5. The lowest BCUT2D eigenvalue weighted by Crippen LogP contribution is -2.50. The van der Waals surface area contributed by atoms with Crippen molar-refractivity contribution in [1.82, 2.24) is 0 Å². The van der Waals surface area contributed by atoms with Crippen molar-refractivity contribution in [2.24, 2.45) is 28.6 Å². The van der Waals surface area contributed by atoms with E-state index in [1.807, 2.05) is 0 Å². The van der Waals surface area contributed by atoms with Gasteiger partial charge in [-0.25, -0.2) is 0 Å². The van der Waals surface area contributed by atoms with Crippen LogP contribution in [-0.2, 0) is 23.9 Å². The van der Waals surface area contributed by atoms with Gasteiger partial charge >= 0.3 is 11.9 Å². The summed E-state index contributed by atoms with van der Waals surface area (Å²) in [5, 5.41) is 0. The molecule has 164 valence electrons. The van der Waals surface area contributed by atoms with Crippen LogP contribution in [0.1, 0.15) is 72.6 Å². The van der Waals surface area contributed by atoms with Gasteiger partial charge in [0, 0.05) is 25.8 Å². The molecule has 4 aliphatic rings. The monoisotopic (exact) mass is 414 g/mol. The van der Waals surface area contributed by atoms with E-state index in [0.29, 0.717) is 17.8 Å². The summed E-state index contributed by atoms with van der Waals surface area (Å²) in [6.45, 7) is 7.36. The van der Waals surface area contributed by atoms with Crippen molar-refractivity contribution in [3.63, 3.8) is 0 Å². The number of hydrogen-bond donors (Lipinski definition) is 0. The van der Waals surface area contributed by atoms with Crippen LogP contribution in [0.3, 0.4) is 0 Å². The summed E-state index contributed by atoms with van der Waals surface area (Å²) in [6.07, 6.45) is 11.5. The largest absolute Gasteiger partial charge is 0.462 e. The van der Waals surface area contributed by atoms with Gasteiger partial charge in [0.2, 0.25) is 0 Å². The van der Waals surface area contributed by atoms with E-state index >= 15 is 0 Å². The maximum Gasteiger partial charge on any atom is 0.303 e. The Morgan fingerprint density at radius 3 is 2.40 bits per heavy atom. The van der Waals surface area contributed by atoms with Gasteiger partial charge in [0.25, 0.3) is 0 Å². The normalized spacial score (nSPS) is 39.6. The Balaban J connectivity index is 1.52. The molecule has 0 bridgehead atoms. The summed E-state index contributed by atoms with van der Waals surface area (Å²) in [7, 11) is 0. The van der Waals surface area contributed by atoms with Crippen LogP contribution < -0.4 is 0 Å². The second-order valence-corrected chi connectivity index (χ2v) is 10.2. The predicted octanol–water partition coefficient (Wildman–Crippen LogP) is 4.55. The number of esters is 2. The lowest BCUT2D eigenvalue weighted by Gasteiger charge is -2.57. The zero-order valence-electron chi connectivity index (χ0n) is 18.7. The van der Waals surface area contributed by atoms with Gasteiger partial charge in [0.1, 0.15) is 6.10 Å². The van der Waals surface area contributed by atoms with E-state index in [0.717, 1.165) is 50.5 Å². The van der Waals surface area contributed by atoms with E-state index < -0.39 is 5.97 Å². The van der Waals surface area contributed by atoms with Crippen molar-refractivity contribution >= 4 is 17.7 Å². The van der Waals surface area contributed by atoms with Gasteiger partial charge in [-0.1, -0.05) is 31.6 Å². The molecule has 0 N–H and O–H groups in total. The van der Waals surface area contributed by atoms with Crippen LogP contribution in [-0.4, -0.2) is 30.4 Å². The first-order chi connectivity index (χ1) is 14.1. The van der Waals surface area contributed by atoms with Crippen molar-refractivity contribution in [3.05, 3.63) is 23.3 Å². The SMILES string of the molecule is CC(=O)OCC(=O)C1=CC[C@H]2[C@@H]3CC=C4C[C@@H](OC(C)=O)CC[C@]4(C)[C@@H]3CC[C@]12C. The molecular weight excluding hydrogens is 380 g/mol. The van der Waals surface area contributed by atoms with Gasteiger partial charge in [0.05, 0.1) is 0 Å². The van der Waals surface area contributed by atoms with Crippen LogP contribution in [0.15, 0.2) is 23.3 Å². The highest BCUT2D eigenvalue weighted by Crippen LogP contribution is 2.65. The number of rotatable bonds is 4. The van der Waals surface area contributed by atoms with Crippen LogP contribution in [0, 0.1) is 28.6 Å². The molecule has 0 saturated heterocycles. The van der Waals surface area contributed by atoms with Crippen molar-refractivity contribution in [3.8, 4) is 0 Å². The zero-order chi connectivity index (χ0) is 21.7. The number of carbonyl (C=O) groups is 3. The molecule has 0 aromatic carbocycles. The van der Waals surface area contributed by atoms with Crippen molar-refractivity contribution in [1.29, 1.82) is 0 Å². The highest BCUT2D eigenvalue weighted by molar-refractivity contribution is 5.99. The predicted molar refractivity (Wildman–Crippen MR) is 112 cm³/mol. The molecule has 4 aliphatic carbocycles. The minimum absolute atomic E-state index is 0.0193. The molecular formula is C25H34O5. The molecule has 30 heavy (non-hydrogen) atoms. The van der Waals surface area contributed by atoms with E-state index in [9.17, 15) is 14.4 Å². The fraction of sp³-hybridized carbons (Fsp3) is 0.720. The number of carbonyl (C=O) groups excluding carboxylic acids is 3. The zero-order valence-corrected chi connectivity index (χ0v) is 18.7. The molecule has 5 heteroatoms. The van der Waals surface area contributed by atoms with Crippen molar-refractivity contribution in [2.45, 2.75) is 78.7 Å². The Bertz CT molecular complexity index is 823. The minimum atomic E-state index is -0.408. The topological polar surface area (TPSA) is 69.7 Å². The van der Waals surface area contributed by atoms with Crippen LogP contribution in [0.2, 0.25) is 0 Å². The van der Waals surface area contributed by atoms with Gasteiger partial charge in [0.15, 0.2) is 12.4 Å². The second-order valence-electron chi connectivity index (χ2n) is 10.2. The Hall–Kier alpha value is -1.91. The smallest absolute Gasteiger partial charge is 0.303 e. The summed E-state index contributed by atoms with van der Waals surface area (Å²) in [6, 6.07) is 0. The average Bonchev–Trinajstić information content (AvgIpc) is 3.03. The lowest BCUT2D eigenvalue weighted by atomic mass is 9.47. The molecule has 0 spiro atoms. The molecule has 0 heterocycles. The quantitative estimate of drug-likeness (QED) is 0.499. The average molecular weight is 415 g/mol.